The first-order valence-corrected chi connectivity index (χ1v) is 8.52. The number of thiazole rings is 1. The predicted molar refractivity (Wildman–Crippen MR) is 85.5 cm³/mol. The Morgan fingerprint density at radius 1 is 1.24 bits per heavy atom. The average molecular weight is 317 g/mol. The Bertz CT molecular complexity index is 709. The Balaban J connectivity index is 1.72. The summed E-state index contributed by atoms with van der Waals surface area (Å²) in [5.74, 6) is 1.41. The molecule has 0 saturated carbocycles. The minimum Gasteiger partial charge on any atom is -0.338 e. The first-order chi connectivity index (χ1) is 10.3. The highest BCUT2D eigenvalue weighted by Gasteiger charge is 2.17. The summed E-state index contributed by atoms with van der Waals surface area (Å²) in [4.78, 5) is 9.03. The highest BCUT2D eigenvalue weighted by molar-refractivity contribution is 8.01. The zero-order valence-electron chi connectivity index (χ0n) is 11.8. The third-order valence-electron chi connectivity index (χ3n) is 2.98. The Morgan fingerprint density at radius 2 is 2.05 bits per heavy atom. The van der Waals surface area contributed by atoms with Crippen molar-refractivity contribution in [3.8, 4) is 11.3 Å². The molecule has 1 unspecified atom stereocenters. The normalized spacial score (nSPS) is 12.5. The fraction of sp³-hybridized carbons (Fsp3) is 0.267. The second kappa shape index (κ2) is 6.41. The number of aryl methyl sites for hydroxylation is 1. The molecule has 3 rings (SSSR count). The van der Waals surface area contributed by atoms with Crippen molar-refractivity contribution in [1.82, 2.24) is 15.1 Å². The van der Waals surface area contributed by atoms with Gasteiger partial charge in [-0.1, -0.05) is 54.2 Å². The minimum absolute atomic E-state index is 0.104. The molecule has 2 heterocycles. The first kappa shape index (κ1) is 14.3. The molecule has 0 radical (unpaired) electrons. The quantitative estimate of drug-likeness (QED) is 0.643. The molecule has 0 aliphatic heterocycles. The molecule has 21 heavy (non-hydrogen) atoms. The van der Waals surface area contributed by atoms with Crippen LogP contribution in [0.25, 0.3) is 11.3 Å². The van der Waals surface area contributed by atoms with E-state index in [-0.39, 0.29) is 5.25 Å². The molecular formula is C15H15N3OS2. The topological polar surface area (TPSA) is 51.8 Å². The van der Waals surface area contributed by atoms with Crippen LogP contribution < -0.4 is 0 Å². The van der Waals surface area contributed by atoms with Crippen LogP contribution in [0, 0.1) is 0 Å². The smallest absolute Gasteiger partial charge is 0.239 e. The lowest BCUT2D eigenvalue weighted by molar-refractivity contribution is 0.375. The molecule has 0 N–H and O–H groups in total. The lowest BCUT2D eigenvalue weighted by Crippen LogP contribution is -1.89. The van der Waals surface area contributed by atoms with E-state index in [1.807, 2.05) is 25.1 Å². The van der Waals surface area contributed by atoms with Crippen molar-refractivity contribution in [3.05, 3.63) is 47.4 Å². The summed E-state index contributed by atoms with van der Waals surface area (Å²) >= 11 is 3.29. The third kappa shape index (κ3) is 3.33. The molecule has 0 spiro atoms. The maximum absolute atomic E-state index is 5.28. The van der Waals surface area contributed by atoms with E-state index in [1.165, 1.54) is 0 Å². The van der Waals surface area contributed by atoms with Crippen LogP contribution in [0.3, 0.4) is 0 Å². The molecule has 3 aromatic rings. The highest BCUT2D eigenvalue weighted by atomic mass is 32.2. The average Bonchev–Trinajstić information content (AvgIpc) is 3.17. The third-order valence-corrected chi connectivity index (χ3v) is 5.04. The van der Waals surface area contributed by atoms with Crippen LogP contribution in [0.2, 0.25) is 0 Å². The van der Waals surface area contributed by atoms with Crippen molar-refractivity contribution in [3.63, 3.8) is 0 Å². The Hall–Kier alpha value is -1.66. The Kier molecular flexibility index (Phi) is 4.36. The predicted octanol–water partition coefficient (Wildman–Crippen LogP) is 4.61. The van der Waals surface area contributed by atoms with E-state index in [2.05, 4.69) is 39.6 Å². The van der Waals surface area contributed by atoms with Gasteiger partial charge in [-0.3, -0.25) is 0 Å². The fourth-order valence-electron chi connectivity index (χ4n) is 1.83. The number of thioether (sulfide) groups is 1. The van der Waals surface area contributed by atoms with Crippen LogP contribution in [-0.2, 0) is 6.42 Å². The Morgan fingerprint density at radius 3 is 2.76 bits per heavy atom. The molecule has 1 atom stereocenters. The number of aromatic nitrogens is 3. The Labute approximate surface area is 131 Å². The van der Waals surface area contributed by atoms with Gasteiger partial charge in [0.15, 0.2) is 10.2 Å². The van der Waals surface area contributed by atoms with Crippen molar-refractivity contribution in [2.45, 2.75) is 29.9 Å². The number of hydrogen-bond donors (Lipinski definition) is 0. The molecule has 0 aliphatic carbocycles. The zero-order chi connectivity index (χ0) is 14.7. The molecule has 1 aromatic carbocycles. The van der Waals surface area contributed by atoms with Gasteiger partial charge in [0, 0.05) is 17.4 Å². The van der Waals surface area contributed by atoms with E-state index in [4.69, 9.17) is 4.52 Å². The van der Waals surface area contributed by atoms with Gasteiger partial charge in [-0.05, 0) is 6.92 Å². The van der Waals surface area contributed by atoms with Gasteiger partial charge in [0.2, 0.25) is 5.89 Å². The lowest BCUT2D eigenvalue weighted by Gasteiger charge is -2.02. The molecule has 4 nitrogen and oxygen atoms in total. The maximum Gasteiger partial charge on any atom is 0.239 e. The van der Waals surface area contributed by atoms with Gasteiger partial charge in [0.1, 0.15) is 0 Å². The summed E-state index contributed by atoms with van der Waals surface area (Å²) in [5.41, 5.74) is 2.15. The summed E-state index contributed by atoms with van der Waals surface area (Å²) in [5, 5.41) is 6.12. The second-order valence-electron chi connectivity index (χ2n) is 4.53. The van der Waals surface area contributed by atoms with E-state index in [0.29, 0.717) is 5.89 Å². The standard InChI is InChI=1S/C15H15N3OS2/c1-3-13-17-14(19-18-13)10(2)21-15-16-12(9-20-15)11-7-5-4-6-8-11/h4-10H,3H2,1-2H3. The number of hydrogen-bond acceptors (Lipinski definition) is 6. The van der Waals surface area contributed by atoms with Gasteiger partial charge >= 0.3 is 0 Å². The maximum atomic E-state index is 5.28. The molecule has 2 aromatic heterocycles. The molecule has 0 amide bonds. The first-order valence-electron chi connectivity index (χ1n) is 6.76. The summed E-state index contributed by atoms with van der Waals surface area (Å²) in [6.07, 6.45) is 0.788. The van der Waals surface area contributed by atoms with Gasteiger partial charge in [-0.25, -0.2) is 4.98 Å². The van der Waals surface area contributed by atoms with E-state index in [9.17, 15) is 0 Å². The molecule has 108 valence electrons. The van der Waals surface area contributed by atoms with Gasteiger partial charge in [-0.15, -0.1) is 11.3 Å². The summed E-state index contributed by atoms with van der Waals surface area (Å²) in [6.45, 7) is 4.07. The largest absolute Gasteiger partial charge is 0.338 e. The van der Waals surface area contributed by atoms with Crippen LogP contribution in [0.1, 0.15) is 30.8 Å². The van der Waals surface area contributed by atoms with Crippen LogP contribution in [0.15, 0.2) is 44.6 Å². The second-order valence-corrected chi connectivity index (χ2v) is 6.97. The van der Waals surface area contributed by atoms with E-state index in [1.54, 1.807) is 23.1 Å². The molecule has 6 heteroatoms. The van der Waals surface area contributed by atoms with Crippen molar-refractivity contribution in [1.29, 1.82) is 0 Å². The SMILES string of the molecule is CCc1noc(C(C)Sc2nc(-c3ccccc3)cs2)n1. The van der Waals surface area contributed by atoms with Crippen LogP contribution in [0.4, 0.5) is 0 Å². The van der Waals surface area contributed by atoms with Gasteiger partial charge < -0.3 is 4.52 Å². The van der Waals surface area contributed by atoms with Crippen molar-refractivity contribution in [2.24, 2.45) is 0 Å². The highest BCUT2D eigenvalue weighted by Crippen LogP contribution is 2.37. The van der Waals surface area contributed by atoms with Crippen molar-refractivity contribution < 1.29 is 4.52 Å². The number of rotatable bonds is 5. The molecule has 0 saturated heterocycles. The lowest BCUT2D eigenvalue weighted by atomic mass is 10.2. The number of benzene rings is 1. The van der Waals surface area contributed by atoms with Crippen LogP contribution in [-0.4, -0.2) is 15.1 Å². The van der Waals surface area contributed by atoms with Crippen LogP contribution in [0.5, 0.6) is 0 Å². The molecule has 0 aliphatic rings. The molecule has 0 fully saturated rings. The summed E-state index contributed by atoms with van der Waals surface area (Å²) in [6, 6.07) is 10.2. The van der Waals surface area contributed by atoms with E-state index < -0.39 is 0 Å². The van der Waals surface area contributed by atoms with Crippen molar-refractivity contribution in [2.75, 3.05) is 0 Å². The van der Waals surface area contributed by atoms with Gasteiger partial charge in [0.05, 0.1) is 10.9 Å². The van der Waals surface area contributed by atoms with Gasteiger partial charge in [0.25, 0.3) is 0 Å². The van der Waals surface area contributed by atoms with E-state index >= 15 is 0 Å². The summed E-state index contributed by atoms with van der Waals surface area (Å²) < 4.78 is 6.29. The monoisotopic (exact) mass is 317 g/mol. The van der Waals surface area contributed by atoms with Gasteiger partial charge in [-0.2, -0.15) is 4.98 Å². The van der Waals surface area contributed by atoms with Crippen LogP contribution >= 0.6 is 23.1 Å². The minimum atomic E-state index is 0.104. The van der Waals surface area contributed by atoms with Crippen molar-refractivity contribution >= 4 is 23.1 Å². The fourth-order valence-corrected chi connectivity index (χ4v) is 3.83. The zero-order valence-corrected chi connectivity index (χ0v) is 13.4. The molecule has 0 bridgehead atoms. The summed E-state index contributed by atoms with van der Waals surface area (Å²) in [7, 11) is 0. The molecular weight excluding hydrogens is 302 g/mol. The van der Waals surface area contributed by atoms with E-state index in [0.717, 1.165) is 27.8 Å². The number of nitrogens with zero attached hydrogens (tertiary/aromatic N) is 3.